The van der Waals surface area contributed by atoms with Gasteiger partial charge in [-0.3, -0.25) is 9.59 Å². The summed E-state index contributed by atoms with van der Waals surface area (Å²) in [4.78, 5) is 30.9. The summed E-state index contributed by atoms with van der Waals surface area (Å²) in [7, 11) is 1.63. The molecule has 0 spiro atoms. The standard InChI is InChI=1S/C24H25N5O3S/c1-14-11-15(2)13-18(12-14)26-23(31)22(30)25-10-9-20-16(3)29-24(33-20)27-21(28-29)17-5-7-19(32-4)8-6-17/h5-8,11-13H,9-10H2,1-4H3,(H,25,30)(H,26,31). The molecule has 0 aliphatic heterocycles. The SMILES string of the molecule is COc1ccc(-c2nc3sc(CCNC(=O)C(=O)Nc4cc(C)cc(C)c4)c(C)n3n2)cc1. The van der Waals surface area contributed by atoms with E-state index in [1.807, 2.05) is 67.8 Å². The summed E-state index contributed by atoms with van der Waals surface area (Å²) in [6, 6.07) is 13.3. The van der Waals surface area contributed by atoms with Crippen LogP contribution < -0.4 is 15.4 Å². The number of nitrogens with zero attached hydrogens (tertiary/aromatic N) is 3. The van der Waals surface area contributed by atoms with E-state index in [0.29, 0.717) is 24.5 Å². The highest BCUT2D eigenvalue weighted by atomic mass is 32.1. The largest absolute Gasteiger partial charge is 0.497 e. The number of carbonyl (C=O) groups excluding carboxylic acids is 2. The van der Waals surface area contributed by atoms with Gasteiger partial charge in [-0.1, -0.05) is 17.4 Å². The zero-order valence-corrected chi connectivity index (χ0v) is 19.7. The van der Waals surface area contributed by atoms with Gasteiger partial charge in [0.05, 0.1) is 12.8 Å². The molecule has 0 saturated heterocycles. The number of hydrogen-bond acceptors (Lipinski definition) is 6. The van der Waals surface area contributed by atoms with Gasteiger partial charge in [0.2, 0.25) is 4.96 Å². The minimum Gasteiger partial charge on any atom is -0.497 e. The highest BCUT2D eigenvalue weighted by molar-refractivity contribution is 7.17. The van der Waals surface area contributed by atoms with E-state index in [-0.39, 0.29) is 0 Å². The molecule has 0 aliphatic rings. The zero-order valence-electron chi connectivity index (χ0n) is 18.9. The fourth-order valence-corrected chi connectivity index (χ4v) is 4.64. The predicted molar refractivity (Wildman–Crippen MR) is 129 cm³/mol. The van der Waals surface area contributed by atoms with Crippen molar-refractivity contribution in [2.75, 3.05) is 19.0 Å². The molecule has 4 aromatic rings. The first kappa shape index (κ1) is 22.5. The molecule has 2 aromatic heterocycles. The van der Waals surface area contributed by atoms with Crippen LogP contribution in [0, 0.1) is 20.8 Å². The predicted octanol–water partition coefficient (Wildman–Crippen LogP) is 3.69. The van der Waals surface area contributed by atoms with E-state index in [4.69, 9.17) is 4.74 Å². The summed E-state index contributed by atoms with van der Waals surface area (Å²) in [5.74, 6) is 0.0921. The minimum atomic E-state index is -0.677. The van der Waals surface area contributed by atoms with Crippen molar-refractivity contribution >= 4 is 33.8 Å². The molecule has 4 rings (SSSR count). The van der Waals surface area contributed by atoms with Crippen molar-refractivity contribution in [2.24, 2.45) is 0 Å². The second-order valence-corrected chi connectivity index (χ2v) is 8.87. The van der Waals surface area contributed by atoms with E-state index in [1.54, 1.807) is 7.11 Å². The molecule has 33 heavy (non-hydrogen) atoms. The fraction of sp³-hybridized carbons (Fsp3) is 0.250. The average Bonchev–Trinajstić information content (AvgIpc) is 3.32. The van der Waals surface area contributed by atoms with Crippen LogP contribution in [0.3, 0.4) is 0 Å². The van der Waals surface area contributed by atoms with Gasteiger partial charge in [-0.05, 0) is 68.3 Å². The smallest absolute Gasteiger partial charge is 0.313 e. The van der Waals surface area contributed by atoms with Crippen molar-refractivity contribution in [2.45, 2.75) is 27.2 Å². The van der Waals surface area contributed by atoms with Crippen molar-refractivity contribution in [3.8, 4) is 17.1 Å². The topological polar surface area (TPSA) is 97.6 Å². The molecule has 0 unspecified atom stereocenters. The number of anilines is 1. The number of benzene rings is 2. The Labute approximate surface area is 195 Å². The van der Waals surface area contributed by atoms with E-state index >= 15 is 0 Å². The van der Waals surface area contributed by atoms with E-state index in [1.165, 1.54) is 11.3 Å². The summed E-state index contributed by atoms with van der Waals surface area (Å²) in [6.45, 7) is 6.20. The maximum atomic E-state index is 12.2. The lowest BCUT2D eigenvalue weighted by Gasteiger charge is -2.08. The highest BCUT2D eigenvalue weighted by Crippen LogP contribution is 2.26. The molecule has 2 aromatic carbocycles. The quantitative estimate of drug-likeness (QED) is 0.425. The van der Waals surface area contributed by atoms with Crippen LogP contribution in [-0.2, 0) is 16.0 Å². The number of ether oxygens (including phenoxy) is 1. The zero-order chi connectivity index (χ0) is 23.5. The van der Waals surface area contributed by atoms with E-state index in [2.05, 4.69) is 20.7 Å². The maximum absolute atomic E-state index is 12.2. The Morgan fingerprint density at radius 3 is 2.36 bits per heavy atom. The lowest BCUT2D eigenvalue weighted by atomic mass is 10.1. The lowest BCUT2D eigenvalue weighted by Crippen LogP contribution is -2.36. The normalized spacial score (nSPS) is 10.9. The van der Waals surface area contributed by atoms with Crippen LogP contribution in [0.1, 0.15) is 21.7 Å². The number of hydrogen-bond donors (Lipinski definition) is 2. The van der Waals surface area contributed by atoms with Gasteiger partial charge in [-0.15, -0.1) is 5.10 Å². The van der Waals surface area contributed by atoms with Gasteiger partial charge < -0.3 is 15.4 Å². The van der Waals surface area contributed by atoms with Crippen LogP contribution in [0.25, 0.3) is 16.3 Å². The van der Waals surface area contributed by atoms with E-state index in [9.17, 15) is 9.59 Å². The number of aryl methyl sites for hydroxylation is 3. The second kappa shape index (κ2) is 9.41. The Bertz CT molecular complexity index is 1300. The highest BCUT2D eigenvalue weighted by Gasteiger charge is 2.17. The molecule has 0 bridgehead atoms. The Hall–Kier alpha value is -3.72. The summed E-state index contributed by atoms with van der Waals surface area (Å²) in [5, 5.41) is 9.95. The Kier molecular flexibility index (Phi) is 6.41. The molecule has 170 valence electrons. The van der Waals surface area contributed by atoms with Gasteiger partial charge >= 0.3 is 11.8 Å². The third kappa shape index (κ3) is 5.04. The van der Waals surface area contributed by atoms with Crippen LogP contribution in [-0.4, -0.2) is 40.1 Å². The molecule has 0 radical (unpaired) electrons. The second-order valence-electron chi connectivity index (χ2n) is 7.81. The average molecular weight is 464 g/mol. The number of rotatable bonds is 6. The molecule has 2 heterocycles. The minimum absolute atomic E-state index is 0.342. The third-order valence-corrected chi connectivity index (χ3v) is 6.38. The van der Waals surface area contributed by atoms with Crippen LogP contribution >= 0.6 is 11.3 Å². The number of carbonyl (C=O) groups is 2. The first-order valence-corrected chi connectivity index (χ1v) is 11.3. The first-order valence-electron chi connectivity index (χ1n) is 10.5. The molecule has 0 saturated carbocycles. The fourth-order valence-electron chi connectivity index (χ4n) is 3.58. The summed E-state index contributed by atoms with van der Waals surface area (Å²) >= 11 is 1.53. The van der Waals surface area contributed by atoms with Gasteiger partial charge in [0.15, 0.2) is 5.82 Å². The molecule has 2 amide bonds. The molecular formula is C24H25N5O3S. The molecular weight excluding hydrogens is 438 g/mol. The van der Waals surface area contributed by atoms with Gasteiger partial charge in [0.1, 0.15) is 5.75 Å². The Morgan fingerprint density at radius 1 is 1.03 bits per heavy atom. The molecule has 2 N–H and O–H groups in total. The summed E-state index contributed by atoms with van der Waals surface area (Å²) < 4.78 is 7.01. The Balaban J connectivity index is 1.36. The number of fused-ring (bicyclic) bond motifs is 1. The molecule has 0 aliphatic carbocycles. The summed E-state index contributed by atoms with van der Waals surface area (Å²) in [5.41, 5.74) is 4.54. The number of nitrogens with one attached hydrogen (secondary N) is 2. The number of aromatic nitrogens is 3. The number of thiazole rings is 1. The maximum Gasteiger partial charge on any atom is 0.313 e. The molecule has 8 nitrogen and oxygen atoms in total. The molecule has 0 atom stereocenters. The van der Waals surface area contributed by atoms with Crippen molar-refractivity contribution in [3.63, 3.8) is 0 Å². The third-order valence-electron chi connectivity index (χ3n) is 5.18. The van der Waals surface area contributed by atoms with Crippen molar-refractivity contribution in [1.29, 1.82) is 0 Å². The van der Waals surface area contributed by atoms with Gasteiger partial charge in [0, 0.05) is 29.1 Å². The van der Waals surface area contributed by atoms with Crippen LogP contribution in [0.15, 0.2) is 42.5 Å². The van der Waals surface area contributed by atoms with Gasteiger partial charge in [-0.25, -0.2) is 4.52 Å². The Morgan fingerprint density at radius 2 is 1.73 bits per heavy atom. The van der Waals surface area contributed by atoms with Crippen molar-refractivity contribution in [3.05, 3.63) is 64.2 Å². The van der Waals surface area contributed by atoms with Gasteiger partial charge in [-0.2, -0.15) is 4.98 Å². The van der Waals surface area contributed by atoms with Crippen LogP contribution in [0.5, 0.6) is 5.75 Å². The van der Waals surface area contributed by atoms with E-state index in [0.717, 1.165) is 38.0 Å². The lowest BCUT2D eigenvalue weighted by molar-refractivity contribution is -0.136. The first-order chi connectivity index (χ1) is 15.8. The van der Waals surface area contributed by atoms with Crippen molar-refractivity contribution < 1.29 is 14.3 Å². The van der Waals surface area contributed by atoms with Crippen LogP contribution in [0.4, 0.5) is 5.69 Å². The van der Waals surface area contributed by atoms with Crippen LogP contribution in [0.2, 0.25) is 0 Å². The molecule has 0 fully saturated rings. The van der Waals surface area contributed by atoms with Gasteiger partial charge in [0.25, 0.3) is 0 Å². The van der Waals surface area contributed by atoms with Crippen molar-refractivity contribution in [1.82, 2.24) is 19.9 Å². The molecule has 9 heteroatoms. The number of amides is 2. The number of methoxy groups -OCH3 is 1. The summed E-state index contributed by atoms with van der Waals surface area (Å²) in [6.07, 6.45) is 0.585. The van der Waals surface area contributed by atoms with E-state index < -0.39 is 11.8 Å². The monoisotopic (exact) mass is 463 g/mol.